The van der Waals surface area contributed by atoms with Gasteiger partial charge < -0.3 is 15.6 Å². The van der Waals surface area contributed by atoms with Gasteiger partial charge in [0.25, 0.3) is 0 Å². The molecule has 0 fully saturated rings. The predicted octanol–water partition coefficient (Wildman–Crippen LogP) is 1.24. The second kappa shape index (κ2) is 5.98. The topological polar surface area (TPSA) is 72.5 Å². The van der Waals surface area contributed by atoms with E-state index in [0.717, 1.165) is 25.9 Å². The maximum atomic E-state index is 10.7. The fourth-order valence-electron chi connectivity index (χ4n) is 1.32. The molecule has 14 heavy (non-hydrogen) atoms. The fourth-order valence-corrected chi connectivity index (χ4v) is 1.32. The Morgan fingerprint density at radius 1 is 1.50 bits per heavy atom. The van der Waals surface area contributed by atoms with Crippen molar-refractivity contribution in [3.05, 3.63) is 0 Å². The fraction of sp³-hybridized carbons (Fsp3) is 0.900. The van der Waals surface area contributed by atoms with Crippen LogP contribution in [-0.4, -0.2) is 30.8 Å². The van der Waals surface area contributed by atoms with Crippen molar-refractivity contribution in [2.45, 2.75) is 39.2 Å². The smallest absolute Gasteiger partial charge is 0.321 e. The van der Waals surface area contributed by atoms with Crippen LogP contribution in [0.2, 0.25) is 0 Å². The van der Waals surface area contributed by atoms with E-state index in [4.69, 9.17) is 15.6 Å². The number of ether oxygens (including phenoxy) is 1. The molecule has 0 aliphatic heterocycles. The van der Waals surface area contributed by atoms with E-state index in [1.807, 2.05) is 13.8 Å². The highest BCUT2D eigenvalue weighted by atomic mass is 16.5. The zero-order chi connectivity index (χ0) is 11.2. The van der Waals surface area contributed by atoms with Crippen LogP contribution in [0.15, 0.2) is 0 Å². The number of nitrogens with two attached hydrogens (primary N) is 1. The van der Waals surface area contributed by atoms with Gasteiger partial charge in [-0.05, 0) is 18.3 Å². The van der Waals surface area contributed by atoms with Gasteiger partial charge in [-0.15, -0.1) is 0 Å². The first-order chi connectivity index (χ1) is 6.41. The molecule has 0 heterocycles. The van der Waals surface area contributed by atoms with Gasteiger partial charge in [0.2, 0.25) is 0 Å². The molecule has 0 saturated carbocycles. The summed E-state index contributed by atoms with van der Waals surface area (Å²) >= 11 is 0. The molecule has 0 spiro atoms. The summed E-state index contributed by atoms with van der Waals surface area (Å²) in [7, 11) is 1.66. The van der Waals surface area contributed by atoms with E-state index in [1.165, 1.54) is 0 Å². The molecule has 4 nitrogen and oxygen atoms in total. The van der Waals surface area contributed by atoms with Crippen molar-refractivity contribution in [2.24, 2.45) is 11.1 Å². The van der Waals surface area contributed by atoms with Crippen LogP contribution in [0, 0.1) is 5.41 Å². The molecule has 0 aromatic heterocycles. The lowest BCUT2D eigenvalue weighted by Gasteiger charge is -2.28. The summed E-state index contributed by atoms with van der Waals surface area (Å²) in [5.41, 5.74) is 5.23. The number of rotatable bonds is 7. The van der Waals surface area contributed by atoms with Gasteiger partial charge in [0.05, 0.1) is 0 Å². The second-order valence-corrected chi connectivity index (χ2v) is 4.25. The van der Waals surface area contributed by atoms with Crippen molar-refractivity contribution in [3.8, 4) is 0 Å². The van der Waals surface area contributed by atoms with Gasteiger partial charge in [0.1, 0.15) is 6.04 Å². The Morgan fingerprint density at radius 3 is 2.50 bits per heavy atom. The van der Waals surface area contributed by atoms with Crippen LogP contribution in [0.1, 0.15) is 33.1 Å². The summed E-state index contributed by atoms with van der Waals surface area (Å²) in [6.07, 6.45) is 2.71. The lowest BCUT2D eigenvalue weighted by Crippen LogP contribution is -2.43. The minimum absolute atomic E-state index is 0.348. The Hall–Kier alpha value is -0.610. The number of carbonyl (C=O) groups is 1. The van der Waals surface area contributed by atoms with Crippen LogP contribution >= 0.6 is 0 Å². The summed E-state index contributed by atoms with van der Waals surface area (Å²) in [6, 6.07) is -0.787. The van der Waals surface area contributed by atoms with Gasteiger partial charge in [0.15, 0.2) is 0 Å². The number of carboxylic acid groups (broad SMARTS) is 1. The number of carboxylic acids is 1. The van der Waals surface area contributed by atoms with Crippen molar-refractivity contribution < 1.29 is 14.6 Å². The largest absolute Gasteiger partial charge is 0.480 e. The Labute approximate surface area is 85.4 Å². The second-order valence-electron chi connectivity index (χ2n) is 4.25. The average molecular weight is 203 g/mol. The molecule has 0 aliphatic rings. The van der Waals surface area contributed by atoms with E-state index in [0.29, 0.717) is 0 Å². The molecular weight excluding hydrogens is 182 g/mol. The molecule has 3 N–H and O–H groups in total. The number of methoxy groups -OCH3 is 1. The Kier molecular flexibility index (Phi) is 5.72. The van der Waals surface area contributed by atoms with Crippen molar-refractivity contribution >= 4 is 5.97 Å². The third kappa shape index (κ3) is 4.58. The minimum atomic E-state index is -0.929. The van der Waals surface area contributed by atoms with Crippen molar-refractivity contribution in [1.82, 2.24) is 0 Å². The first-order valence-electron chi connectivity index (χ1n) is 4.89. The summed E-state index contributed by atoms with van der Waals surface area (Å²) in [5, 5.41) is 8.77. The van der Waals surface area contributed by atoms with Gasteiger partial charge in [-0.1, -0.05) is 20.3 Å². The van der Waals surface area contributed by atoms with Gasteiger partial charge in [-0.25, -0.2) is 0 Å². The Balaban J connectivity index is 3.88. The van der Waals surface area contributed by atoms with Crippen molar-refractivity contribution in [2.75, 3.05) is 13.7 Å². The van der Waals surface area contributed by atoms with Crippen LogP contribution in [-0.2, 0) is 9.53 Å². The molecule has 0 saturated heterocycles. The number of unbranched alkanes of at least 4 members (excludes halogenated alkanes) is 1. The summed E-state index contributed by atoms with van der Waals surface area (Å²) < 4.78 is 4.92. The van der Waals surface area contributed by atoms with Gasteiger partial charge in [-0.2, -0.15) is 0 Å². The lowest BCUT2D eigenvalue weighted by molar-refractivity contribution is -0.141. The average Bonchev–Trinajstić information content (AvgIpc) is 2.11. The van der Waals surface area contributed by atoms with Crippen LogP contribution in [0.5, 0.6) is 0 Å². The quantitative estimate of drug-likeness (QED) is 0.611. The van der Waals surface area contributed by atoms with E-state index in [9.17, 15) is 4.79 Å². The van der Waals surface area contributed by atoms with Crippen LogP contribution in [0.3, 0.4) is 0 Å². The SMILES string of the molecule is COCCCCC(C)(C)C(N)C(=O)O. The molecule has 4 heteroatoms. The molecule has 0 amide bonds. The van der Waals surface area contributed by atoms with E-state index in [-0.39, 0.29) is 5.41 Å². The van der Waals surface area contributed by atoms with Crippen molar-refractivity contribution in [3.63, 3.8) is 0 Å². The Morgan fingerprint density at radius 2 is 2.07 bits per heavy atom. The molecule has 0 aliphatic carbocycles. The Bertz CT molecular complexity index is 180. The molecule has 0 radical (unpaired) electrons. The highest BCUT2D eigenvalue weighted by molar-refractivity contribution is 5.74. The normalized spacial score (nSPS) is 14.0. The molecule has 0 aromatic carbocycles. The zero-order valence-corrected chi connectivity index (χ0v) is 9.25. The molecule has 0 aromatic rings. The molecule has 1 unspecified atom stereocenters. The maximum Gasteiger partial charge on any atom is 0.321 e. The van der Waals surface area contributed by atoms with Gasteiger partial charge in [0, 0.05) is 13.7 Å². The van der Waals surface area contributed by atoms with Gasteiger partial charge >= 0.3 is 5.97 Å². The predicted molar refractivity (Wildman–Crippen MR) is 55.1 cm³/mol. The van der Waals surface area contributed by atoms with Crippen molar-refractivity contribution in [1.29, 1.82) is 0 Å². The van der Waals surface area contributed by atoms with Crippen LogP contribution < -0.4 is 5.73 Å². The van der Waals surface area contributed by atoms with E-state index >= 15 is 0 Å². The summed E-state index contributed by atoms with van der Waals surface area (Å²) in [5.74, 6) is -0.929. The van der Waals surface area contributed by atoms with E-state index in [1.54, 1.807) is 7.11 Å². The molecular formula is C10H21NO3. The number of hydrogen-bond acceptors (Lipinski definition) is 3. The van der Waals surface area contributed by atoms with Crippen LogP contribution in [0.4, 0.5) is 0 Å². The summed E-state index contributed by atoms with van der Waals surface area (Å²) in [4.78, 5) is 10.7. The summed E-state index contributed by atoms with van der Waals surface area (Å²) in [6.45, 7) is 4.50. The van der Waals surface area contributed by atoms with E-state index in [2.05, 4.69) is 0 Å². The number of aliphatic carboxylic acids is 1. The monoisotopic (exact) mass is 203 g/mol. The maximum absolute atomic E-state index is 10.7. The molecule has 84 valence electrons. The molecule has 1 atom stereocenters. The minimum Gasteiger partial charge on any atom is -0.480 e. The lowest BCUT2D eigenvalue weighted by atomic mass is 9.80. The number of hydrogen-bond donors (Lipinski definition) is 2. The zero-order valence-electron chi connectivity index (χ0n) is 9.25. The van der Waals surface area contributed by atoms with Gasteiger partial charge in [-0.3, -0.25) is 4.79 Å². The third-order valence-electron chi connectivity index (χ3n) is 2.53. The third-order valence-corrected chi connectivity index (χ3v) is 2.53. The highest BCUT2D eigenvalue weighted by Gasteiger charge is 2.31. The van der Waals surface area contributed by atoms with Crippen LogP contribution in [0.25, 0.3) is 0 Å². The van der Waals surface area contributed by atoms with E-state index < -0.39 is 12.0 Å². The first kappa shape index (κ1) is 13.4. The molecule has 0 bridgehead atoms. The first-order valence-corrected chi connectivity index (χ1v) is 4.89. The highest BCUT2D eigenvalue weighted by Crippen LogP contribution is 2.26. The molecule has 0 rings (SSSR count). The standard InChI is InChI=1S/C10H21NO3/c1-10(2,8(11)9(12)13)6-4-5-7-14-3/h8H,4-7,11H2,1-3H3,(H,12,13).